The summed E-state index contributed by atoms with van der Waals surface area (Å²) in [5, 5.41) is 9.97. The molecule has 1 aromatic heterocycles. The molecule has 0 amide bonds. The fraction of sp³-hybridized carbons (Fsp3) is 0.154. The fourth-order valence-electron chi connectivity index (χ4n) is 1.72. The first-order chi connectivity index (χ1) is 9.70. The van der Waals surface area contributed by atoms with Gasteiger partial charge in [0.2, 0.25) is 0 Å². The minimum Gasteiger partial charge on any atom is -0.275 e. The van der Waals surface area contributed by atoms with E-state index in [-0.39, 0.29) is 0 Å². The van der Waals surface area contributed by atoms with E-state index < -0.39 is 0 Å². The molecule has 0 atom stereocenters. The summed E-state index contributed by atoms with van der Waals surface area (Å²) in [6.45, 7) is 0. The van der Waals surface area contributed by atoms with Gasteiger partial charge in [-0.15, -0.1) is 0 Å². The largest absolute Gasteiger partial charge is 0.275 e. The van der Waals surface area contributed by atoms with E-state index >= 15 is 0 Å². The highest BCUT2D eigenvalue weighted by atomic mass is 35.5. The molecule has 0 fully saturated rings. The zero-order valence-electron chi connectivity index (χ0n) is 10.7. The van der Waals surface area contributed by atoms with E-state index in [4.69, 9.17) is 11.6 Å². The number of rotatable bonds is 2. The van der Waals surface area contributed by atoms with Crippen LogP contribution in [0.3, 0.4) is 0 Å². The second-order valence-corrected chi connectivity index (χ2v) is 5.66. The van der Waals surface area contributed by atoms with Crippen molar-refractivity contribution in [2.75, 3.05) is 5.75 Å². The molecule has 0 unspecified atom stereocenters. The van der Waals surface area contributed by atoms with Crippen molar-refractivity contribution in [1.82, 2.24) is 15.2 Å². The minimum absolute atomic E-state index is 0.704. The van der Waals surface area contributed by atoms with Crippen LogP contribution >= 0.6 is 23.4 Å². The summed E-state index contributed by atoms with van der Waals surface area (Å²) in [6.07, 6.45) is 3.75. The van der Waals surface area contributed by atoms with Crippen LogP contribution in [0.1, 0.15) is 5.56 Å². The maximum Gasteiger partial charge on any atom is 0.182 e. The first-order valence-electron chi connectivity index (χ1n) is 5.99. The van der Waals surface area contributed by atoms with Gasteiger partial charge in [0.1, 0.15) is 0 Å². The van der Waals surface area contributed by atoms with Crippen LogP contribution in [0, 0.1) is 0 Å². The van der Waals surface area contributed by atoms with Crippen molar-refractivity contribution >= 4 is 39.9 Å². The molecule has 7 heteroatoms. The van der Waals surface area contributed by atoms with Gasteiger partial charge in [0.15, 0.2) is 5.17 Å². The van der Waals surface area contributed by atoms with Crippen LogP contribution in [0.15, 0.2) is 46.8 Å². The van der Waals surface area contributed by atoms with Crippen LogP contribution < -0.4 is 5.43 Å². The predicted molar refractivity (Wildman–Crippen MR) is 83.9 cm³/mol. The topological polar surface area (TPSA) is 54.6 Å². The lowest BCUT2D eigenvalue weighted by atomic mass is 10.2. The zero-order valence-corrected chi connectivity index (χ0v) is 12.3. The average Bonchev–Trinajstić information content (AvgIpc) is 2.89. The Labute approximate surface area is 125 Å². The Bertz CT molecular complexity index is 674. The van der Waals surface area contributed by atoms with Gasteiger partial charge in [0, 0.05) is 29.6 Å². The number of nitrogens with zero attached hydrogens (tertiary/aromatic N) is 4. The van der Waals surface area contributed by atoms with Crippen molar-refractivity contribution in [2.45, 2.75) is 0 Å². The third kappa shape index (κ3) is 3.02. The Hall–Kier alpha value is -1.79. The summed E-state index contributed by atoms with van der Waals surface area (Å²) in [5.41, 5.74) is 5.82. The van der Waals surface area contributed by atoms with E-state index in [1.165, 1.54) is 0 Å². The number of aromatic nitrogens is 2. The van der Waals surface area contributed by atoms with Crippen molar-refractivity contribution in [3.05, 3.63) is 47.2 Å². The number of hydrogen-bond acceptors (Lipinski definition) is 4. The molecule has 102 valence electrons. The predicted octanol–water partition coefficient (Wildman–Crippen LogP) is 2.80. The number of aliphatic imine (C=N–C) groups is 1. The van der Waals surface area contributed by atoms with Crippen molar-refractivity contribution in [2.24, 2.45) is 17.1 Å². The molecule has 2 aromatic rings. The molecule has 2 heterocycles. The average molecular weight is 306 g/mol. The van der Waals surface area contributed by atoms with Crippen LogP contribution in [-0.2, 0) is 7.05 Å². The second kappa shape index (κ2) is 5.68. The Kier molecular flexibility index (Phi) is 3.75. The number of nitrogens with one attached hydrogen (secondary N) is 1. The molecule has 1 aliphatic rings. The zero-order chi connectivity index (χ0) is 13.9. The Balaban J connectivity index is 1.74. The molecule has 1 aromatic carbocycles. The molecule has 0 bridgehead atoms. The Morgan fingerprint density at radius 2 is 2.15 bits per heavy atom. The highest BCUT2D eigenvalue weighted by Crippen LogP contribution is 2.20. The van der Waals surface area contributed by atoms with Crippen LogP contribution in [0.5, 0.6) is 0 Å². The molecular weight excluding hydrogens is 294 g/mol. The summed E-state index contributed by atoms with van der Waals surface area (Å²) in [7, 11) is 1.89. The number of thioether (sulfide) groups is 1. The van der Waals surface area contributed by atoms with Gasteiger partial charge in [0.05, 0.1) is 17.6 Å². The molecule has 0 spiro atoms. The first kappa shape index (κ1) is 13.2. The monoisotopic (exact) mass is 305 g/mol. The summed E-state index contributed by atoms with van der Waals surface area (Å²) in [5.74, 6) is 0.769. The third-order valence-electron chi connectivity index (χ3n) is 2.73. The van der Waals surface area contributed by atoms with E-state index in [0.717, 1.165) is 27.9 Å². The van der Waals surface area contributed by atoms with Gasteiger partial charge in [-0.2, -0.15) is 10.2 Å². The molecule has 0 saturated carbocycles. The Morgan fingerprint density at radius 3 is 2.75 bits per heavy atom. The van der Waals surface area contributed by atoms with E-state index in [1.807, 2.05) is 43.7 Å². The number of halogens is 1. The van der Waals surface area contributed by atoms with E-state index in [1.54, 1.807) is 16.4 Å². The number of benzene rings is 1. The van der Waals surface area contributed by atoms with Crippen molar-refractivity contribution in [1.29, 1.82) is 0 Å². The lowest BCUT2D eigenvalue weighted by Gasteiger charge is -2.13. The van der Waals surface area contributed by atoms with E-state index in [0.29, 0.717) is 5.02 Å². The number of amidine groups is 1. The second-order valence-electron chi connectivity index (χ2n) is 4.26. The van der Waals surface area contributed by atoms with Gasteiger partial charge in [-0.3, -0.25) is 10.1 Å². The quantitative estimate of drug-likeness (QED) is 0.928. The van der Waals surface area contributed by atoms with Crippen molar-refractivity contribution < 1.29 is 0 Å². The molecule has 0 saturated heterocycles. The van der Waals surface area contributed by atoms with Gasteiger partial charge in [-0.25, -0.2) is 4.99 Å². The summed E-state index contributed by atoms with van der Waals surface area (Å²) in [4.78, 5) is 4.47. The molecular formula is C13H12ClN5S. The van der Waals surface area contributed by atoms with Crippen LogP contribution in [-0.4, -0.2) is 26.4 Å². The van der Waals surface area contributed by atoms with Gasteiger partial charge in [0.25, 0.3) is 0 Å². The number of aryl methyl sites for hydroxylation is 1. The highest BCUT2D eigenvalue weighted by Gasteiger charge is 2.14. The van der Waals surface area contributed by atoms with Crippen molar-refractivity contribution in [3.8, 4) is 0 Å². The van der Waals surface area contributed by atoms with Gasteiger partial charge in [-0.05, 0) is 24.3 Å². The molecule has 5 nitrogen and oxygen atoms in total. The lowest BCUT2D eigenvalue weighted by Crippen LogP contribution is -2.24. The fourth-order valence-corrected chi connectivity index (χ4v) is 2.64. The summed E-state index contributed by atoms with van der Waals surface area (Å²) in [6, 6.07) is 7.38. The van der Waals surface area contributed by atoms with Crippen LogP contribution in [0.25, 0.3) is 0 Å². The molecule has 3 rings (SSSR count). The van der Waals surface area contributed by atoms with Gasteiger partial charge < -0.3 is 0 Å². The van der Waals surface area contributed by atoms with Crippen molar-refractivity contribution in [3.63, 3.8) is 0 Å². The first-order valence-corrected chi connectivity index (χ1v) is 7.36. The molecule has 0 aliphatic carbocycles. The number of hydrazone groups is 1. The molecule has 1 aliphatic heterocycles. The summed E-state index contributed by atoms with van der Waals surface area (Å²) >= 11 is 7.46. The Morgan fingerprint density at radius 1 is 1.35 bits per heavy atom. The molecule has 20 heavy (non-hydrogen) atoms. The van der Waals surface area contributed by atoms with Crippen LogP contribution in [0.4, 0.5) is 5.69 Å². The lowest BCUT2D eigenvalue weighted by molar-refractivity contribution is 0.767. The normalized spacial score (nSPS) is 16.9. The third-order valence-corrected chi connectivity index (χ3v) is 3.85. The SMILES string of the molecule is Cn1cc(C2=NNC(=Nc3ccc(Cl)cc3)SC2)cn1. The molecule has 1 N–H and O–H groups in total. The minimum atomic E-state index is 0.704. The van der Waals surface area contributed by atoms with Gasteiger partial charge >= 0.3 is 0 Å². The van der Waals surface area contributed by atoms with Crippen LogP contribution in [0.2, 0.25) is 5.02 Å². The van der Waals surface area contributed by atoms with E-state index in [2.05, 4.69) is 20.6 Å². The summed E-state index contributed by atoms with van der Waals surface area (Å²) < 4.78 is 1.76. The standard InChI is InChI=1S/C13H12ClN5S/c1-19-7-9(6-15-19)12-8-20-13(18-17-12)16-11-4-2-10(14)3-5-11/h2-7H,8H2,1H3,(H,16,18). The van der Waals surface area contributed by atoms with Gasteiger partial charge in [-0.1, -0.05) is 23.4 Å². The maximum absolute atomic E-state index is 5.84. The number of hydrogen-bond donors (Lipinski definition) is 1. The highest BCUT2D eigenvalue weighted by molar-refractivity contribution is 8.14. The maximum atomic E-state index is 5.84. The smallest absolute Gasteiger partial charge is 0.182 e. The molecule has 0 radical (unpaired) electrons. The van der Waals surface area contributed by atoms with E-state index in [9.17, 15) is 0 Å².